The Hall–Kier alpha value is -3.78. The maximum Gasteiger partial charge on any atom is 0.261 e. The Morgan fingerprint density at radius 3 is 2.69 bits per heavy atom. The highest BCUT2D eigenvalue weighted by atomic mass is 16.1. The molecule has 3 aromatic rings. The van der Waals surface area contributed by atoms with Crippen molar-refractivity contribution in [1.29, 1.82) is 5.26 Å². The normalized spacial score (nSPS) is 15.1. The van der Waals surface area contributed by atoms with E-state index in [9.17, 15) is 10.1 Å². The number of H-pyrrole nitrogens is 1. The second kappa shape index (κ2) is 9.46. The Morgan fingerprint density at radius 1 is 1.23 bits per heavy atom. The molecule has 0 atom stereocenters. The lowest BCUT2D eigenvalue weighted by atomic mass is 9.85. The fourth-order valence-corrected chi connectivity index (χ4v) is 5.36. The minimum absolute atomic E-state index is 0.0858. The lowest BCUT2D eigenvalue weighted by Crippen LogP contribution is -2.49. The van der Waals surface area contributed by atoms with Gasteiger partial charge in [-0.25, -0.2) is 0 Å². The molecule has 1 amide bonds. The van der Waals surface area contributed by atoms with Crippen molar-refractivity contribution in [2.24, 2.45) is 0 Å². The number of carbonyl (C=O) groups is 1. The van der Waals surface area contributed by atoms with Gasteiger partial charge in [-0.2, -0.15) is 5.26 Å². The van der Waals surface area contributed by atoms with Crippen LogP contribution in [0.2, 0.25) is 0 Å². The van der Waals surface area contributed by atoms with E-state index in [1.165, 1.54) is 11.3 Å². The minimum Gasteiger partial charge on any atom is -0.361 e. The SMILES string of the molecule is CC1=CC(C)(C)N(C(C)C)c2cc(C)c(/C=C(/C#N)C(=O)NCCc3c[nH]c4ccccc34)cc21. The van der Waals surface area contributed by atoms with Crippen molar-refractivity contribution in [2.45, 2.75) is 59.5 Å². The molecule has 180 valence electrons. The predicted octanol–water partition coefficient (Wildman–Crippen LogP) is 6.15. The summed E-state index contributed by atoms with van der Waals surface area (Å²) in [5.41, 5.74) is 7.74. The first kappa shape index (κ1) is 24.3. The summed E-state index contributed by atoms with van der Waals surface area (Å²) in [6.45, 7) is 13.5. The van der Waals surface area contributed by atoms with E-state index in [-0.39, 0.29) is 17.0 Å². The molecule has 35 heavy (non-hydrogen) atoms. The maximum atomic E-state index is 12.8. The van der Waals surface area contributed by atoms with Crippen LogP contribution in [-0.4, -0.2) is 29.0 Å². The second-order valence-corrected chi connectivity index (χ2v) is 10.2. The quantitative estimate of drug-likeness (QED) is 0.338. The van der Waals surface area contributed by atoms with E-state index in [1.807, 2.05) is 31.3 Å². The number of para-hydroxylation sites is 1. The molecule has 1 aliphatic rings. The number of aryl methyl sites for hydroxylation is 1. The lowest BCUT2D eigenvalue weighted by Gasteiger charge is -2.46. The fraction of sp³-hybridized carbons (Fsp3) is 0.333. The monoisotopic (exact) mass is 466 g/mol. The van der Waals surface area contributed by atoms with Crippen LogP contribution in [0.1, 0.15) is 56.9 Å². The Morgan fingerprint density at radius 2 is 1.97 bits per heavy atom. The molecule has 0 spiro atoms. The molecular formula is C30H34N4O. The number of fused-ring (bicyclic) bond motifs is 2. The predicted molar refractivity (Wildman–Crippen MR) is 145 cm³/mol. The fourth-order valence-electron chi connectivity index (χ4n) is 5.36. The highest BCUT2D eigenvalue weighted by Crippen LogP contribution is 2.41. The highest BCUT2D eigenvalue weighted by Gasteiger charge is 2.33. The van der Waals surface area contributed by atoms with Gasteiger partial charge in [0.1, 0.15) is 11.6 Å². The highest BCUT2D eigenvalue weighted by molar-refractivity contribution is 6.02. The first-order valence-electron chi connectivity index (χ1n) is 12.2. The molecule has 0 fully saturated rings. The zero-order valence-electron chi connectivity index (χ0n) is 21.5. The third-order valence-corrected chi connectivity index (χ3v) is 6.80. The van der Waals surface area contributed by atoms with Crippen molar-refractivity contribution in [3.05, 3.63) is 76.5 Å². The summed E-state index contributed by atoms with van der Waals surface area (Å²) >= 11 is 0. The summed E-state index contributed by atoms with van der Waals surface area (Å²) in [7, 11) is 0. The molecule has 1 aromatic heterocycles. The number of rotatable bonds is 6. The molecule has 1 aliphatic heterocycles. The van der Waals surface area contributed by atoms with Crippen molar-refractivity contribution < 1.29 is 4.79 Å². The number of hydrogen-bond donors (Lipinski definition) is 2. The van der Waals surface area contributed by atoms with Crippen LogP contribution in [0.4, 0.5) is 5.69 Å². The van der Waals surface area contributed by atoms with Gasteiger partial charge in [-0.15, -0.1) is 0 Å². The van der Waals surface area contributed by atoms with E-state index < -0.39 is 0 Å². The zero-order chi connectivity index (χ0) is 25.3. The average molecular weight is 467 g/mol. The van der Waals surface area contributed by atoms with Gasteiger partial charge in [0.2, 0.25) is 0 Å². The third-order valence-electron chi connectivity index (χ3n) is 6.80. The van der Waals surface area contributed by atoms with Gasteiger partial charge in [0.15, 0.2) is 0 Å². The van der Waals surface area contributed by atoms with E-state index in [4.69, 9.17) is 0 Å². The number of nitrogens with one attached hydrogen (secondary N) is 2. The molecule has 5 heteroatoms. The van der Waals surface area contributed by atoms with Crippen molar-refractivity contribution in [1.82, 2.24) is 10.3 Å². The van der Waals surface area contributed by atoms with Crippen LogP contribution in [0.25, 0.3) is 22.6 Å². The van der Waals surface area contributed by atoms with Crippen LogP contribution >= 0.6 is 0 Å². The molecule has 0 saturated heterocycles. The average Bonchev–Trinajstić information content (AvgIpc) is 3.20. The smallest absolute Gasteiger partial charge is 0.261 e. The summed E-state index contributed by atoms with van der Waals surface area (Å²) in [5, 5.41) is 13.8. The topological polar surface area (TPSA) is 71.9 Å². The van der Waals surface area contributed by atoms with Gasteiger partial charge >= 0.3 is 0 Å². The Labute approximate surface area is 208 Å². The lowest BCUT2D eigenvalue weighted by molar-refractivity contribution is -0.117. The second-order valence-electron chi connectivity index (χ2n) is 10.2. The third kappa shape index (κ3) is 4.74. The Balaban J connectivity index is 1.55. The van der Waals surface area contributed by atoms with Gasteiger partial charge in [-0.3, -0.25) is 4.79 Å². The summed E-state index contributed by atoms with van der Waals surface area (Å²) in [6.07, 6.45) is 6.67. The molecule has 0 aliphatic carbocycles. The number of benzene rings is 2. The number of nitriles is 1. The first-order chi connectivity index (χ1) is 16.6. The van der Waals surface area contributed by atoms with E-state index in [0.717, 1.165) is 33.2 Å². The molecule has 2 heterocycles. The summed E-state index contributed by atoms with van der Waals surface area (Å²) in [5.74, 6) is -0.346. The molecule has 5 nitrogen and oxygen atoms in total. The molecule has 0 bridgehead atoms. The summed E-state index contributed by atoms with van der Waals surface area (Å²) in [4.78, 5) is 18.5. The molecule has 0 radical (unpaired) electrons. The Bertz CT molecular complexity index is 1380. The molecule has 2 N–H and O–H groups in total. The van der Waals surface area contributed by atoms with Crippen molar-refractivity contribution >= 4 is 34.1 Å². The number of carbonyl (C=O) groups excluding carboxylic acids is 1. The number of nitrogens with zero attached hydrogens (tertiary/aromatic N) is 2. The first-order valence-corrected chi connectivity index (χ1v) is 12.2. The molecule has 4 rings (SSSR count). The number of hydrogen-bond acceptors (Lipinski definition) is 3. The van der Waals surface area contributed by atoms with Crippen LogP contribution in [0.15, 0.2) is 54.2 Å². The van der Waals surface area contributed by atoms with Crippen LogP contribution < -0.4 is 10.2 Å². The number of amides is 1. The maximum absolute atomic E-state index is 12.8. The van der Waals surface area contributed by atoms with E-state index in [0.29, 0.717) is 19.0 Å². The number of aromatic nitrogens is 1. The molecule has 0 unspecified atom stereocenters. The van der Waals surface area contributed by atoms with Crippen LogP contribution in [0, 0.1) is 18.3 Å². The largest absolute Gasteiger partial charge is 0.361 e. The number of anilines is 1. The number of aromatic amines is 1. The van der Waals surface area contributed by atoms with Crippen molar-refractivity contribution in [2.75, 3.05) is 11.4 Å². The van der Waals surface area contributed by atoms with E-state index >= 15 is 0 Å². The van der Waals surface area contributed by atoms with Gasteiger partial charge in [0.05, 0.1) is 5.54 Å². The van der Waals surface area contributed by atoms with Gasteiger partial charge in [-0.05, 0) is 94.5 Å². The van der Waals surface area contributed by atoms with E-state index in [2.05, 4.69) is 80.2 Å². The van der Waals surface area contributed by atoms with Crippen molar-refractivity contribution in [3.63, 3.8) is 0 Å². The zero-order valence-corrected chi connectivity index (χ0v) is 21.5. The summed E-state index contributed by atoms with van der Waals surface area (Å²) in [6, 6.07) is 14.8. The molecular weight excluding hydrogens is 432 g/mol. The molecule has 2 aromatic carbocycles. The van der Waals surface area contributed by atoms with Crippen LogP contribution in [0.3, 0.4) is 0 Å². The summed E-state index contributed by atoms with van der Waals surface area (Å²) < 4.78 is 0. The standard InChI is InChI=1S/C30H34N4O/c1-19(2)34-28-13-20(3)23(15-26(28)21(4)16-30(34,5)6)14-24(17-31)29(35)32-12-11-22-18-33-27-10-8-7-9-25(22)27/h7-10,13-16,18-19,33H,11-12H2,1-6H3,(H,32,35)/b24-14-. The van der Waals surface area contributed by atoms with Gasteiger partial charge in [-0.1, -0.05) is 24.3 Å². The van der Waals surface area contributed by atoms with E-state index in [1.54, 1.807) is 6.08 Å². The number of allylic oxidation sites excluding steroid dienone is 1. The minimum atomic E-state index is -0.346. The molecule has 0 saturated carbocycles. The Kier molecular flexibility index (Phi) is 6.58. The van der Waals surface area contributed by atoms with Crippen LogP contribution in [-0.2, 0) is 11.2 Å². The van der Waals surface area contributed by atoms with Crippen molar-refractivity contribution in [3.8, 4) is 6.07 Å². The van der Waals surface area contributed by atoms with Gasteiger partial charge in [0, 0.05) is 40.9 Å². The van der Waals surface area contributed by atoms with Gasteiger partial charge < -0.3 is 15.2 Å². The van der Waals surface area contributed by atoms with Crippen LogP contribution in [0.5, 0.6) is 0 Å². The van der Waals surface area contributed by atoms with Gasteiger partial charge in [0.25, 0.3) is 5.91 Å².